The third-order valence-electron chi connectivity index (χ3n) is 7.06. The van der Waals surface area contributed by atoms with Gasteiger partial charge in [-0.1, -0.05) is 80.6 Å². The molecule has 2 aromatic carbocycles. The molecule has 2 aromatic heterocycles. The maximum Gasteiger partial charge on any atom is 0.212 e. The van der Waals surface area contributed by atoms with Gasteiger partial charge >= 0.3 is 0 Å². The second-order valence-electron chi connectivity index (χ2n) is 9.54. The van der Waals surface area contributed by atoms with E-state index >= 15 is 0 Å². The molecule has 3 unspecified atom stereocenters. The van der Waals surface area contributed by atoms with Crippen LogP contribution in [0.3, 0.4) is 0 Å². The zero-order valence-corrected chi connectivity index (χ0v) is 24.0. The molecule has 0 aliphatic heterocycles. The van der Waals surface area contributed by atoms with E-state index in [1.807, 2.05) is 30.6 Å². The molecular weight excluding hydrogens is 484 g/mol. The first kappa shape index (κ1) is 29.8. The van der Waals surface area contributed by atoms with Crippen LogP contribution in [0.4, 0.5) is 0 Å². The molecule has 0 amide bonds. The molecule has 3 N–H and O–H groups in total. The van der Waals surface area contributed by atoms with Gasteiger partial charge in [0.1, 0.15) is 6.04 Å². The Bertz CT molecular complexity index is 1200. The topological polar surface area (TPSA) is 75.1 Å². The van der Waals surface area contributed by atoms with Crippen molar-refractivity contribution >= 4 is 0 Å². The summed E-state index contributed by atoms with van der Waals surface area (Å²) in [5, 5.41) is 0. The molecule has 0 aliphatic rings. The molecule has 0 bridgehead atoms. The van der Waals surface area contributed by atoms with E-state index in [-0.39, 0.29) is 6.04 Å². The number of pyridine rings is 2. The summed E-state index contributed by atoms with van der Waals surface area (Å²) >= 11 is 0. The maximum absolute atomic E-state index is 5.23. The fourth-order valence-corrected chi connectivity index (χ4v) is 4.60. The summed E-state index contributed by atoms with van der Waals surface area (Å²) in [7, 11) is 3.27. The number of nitrogens with zero attached hydrogens (tertiary/aromatic N) is 3. The molecule has 0 saturated carbocycles. The van der Waals surface area contributed by atoms with Crippen LogP contribution >= 0.6 is 0 Å². The van der Waals surface area contributed by atoms with Crippen LogP contribution in [0.2, 0.25) is 0 Å². The Morgan fingerprint density at radius 3 is 1.69 bits per heavy atom. The first-order valence-corrected chi connectivity index (χ1v) is 13.7. The molecule has 0 radical (unpaired) electrons. The highest BCUT2D eigenvalue weighted by Gasteiger charge is 2.25. The Morgan fingerprint density at radius 2 is 1.23 bits per heavy atom. The van der Waals surface area contributed by atoms with Crippen molar-refractivity contribution in [3.63, 3.8) is 0 Å². The van der Waals surface area contributed by atoms with Gasteiger partial charge in [-0.05, 0) is 36.1 Å². The number of hydrogen-bond acceptors (Lipinski definition) is 5. The molecule has 0 spiro atoms. The predicted octanol–water partition coefficient (Wildman–Crippen LogP) is 6.59. The number of ether oxygens (including phenoxy) is 2. The Labute approximate surface area is 233 Å². The van der Waals surface area contributed by atoms with Crippen molar-refractivity contribution in [2.75, 3.05) is 14.2 Å². The second kappa shape index (κ2) is 15.6. The second-order valence-corrected chi connectivity index (χ2v) is 9.54. The Morgan fingerprint density at radius 1 is 0.692 bits per heavy atom. The number of aromatic nitrogens is 2. The highest BCUT2D eigenvalue weighted by molar-refractivity contribution is 5.25. The highest BCUT2D eigenvalue weighted by Crippen LogP contribution is 2.34. The van der Waals surface area contributed by atoms with Crippen LogP contribution in [0.25, 0.3) is 0 Å². The van der Waals surface area contributed by atoms with Gasteiger partial charge in [0.05, 0.1) is 14.2 Å². The van der Waals surface area contributed by atoms with E-state index in [9.17, 15) is 0 Å². The lowest BCUT2D eigenvalue weighted by Crippen LogP contribution is -2.53. The normalized spacial score (nSPS) is 13.1. The minimum absolute atomic E-state index is 0.277. The third-order valence-corrected chi connectivity index (χ3v) is 7.06. The summed E-state index contributed by atoms with van der Waals surface area (Å²) in [6.45, 7) is 7.53. The van der Waals surface area contributed by atoms with Gasteiger partial charge in [0.2, 0.25) is 11.8 Å². The number of quaternary nitrogens is 1. The maximum atomic E-state index is 5.23. The van der Waals surface area contributed by atoms with Gasteiger partial charge in [-0.15, -0.1) is 0 Å². The van der Waals surface area contributed by atoms with E-state index in [2.05, 4.69) is 108 Å². The van der Waals surface area contributed by atoms with Crippen LogP contribution in [-0.4, -0.2) is 29.1 Å². The van der Waals surface area contributed by atoms with Crippen LogP contribution in [-0.2, 0) is 6.54 Å². The van der Waals surface area contributed by atoms with Gasteiger partial charge in [0.25, 0.3) is 0 Å². The molecule has 0 fully saturated rings. The zero-order chi connectivity index (χ0) is 28.0. The number of methoxy groups -OCH3 is 2. The Hall–Kier alpha value is -3.74. The van der Waals surface area contributed by atoms with Crippen molar-refractivity contribution in [1.29, 1.82) is 0 Å². The fourth-order valence-electron chi connectivity index (χ4n) is 4.60. The monoisotopic (exact) mass is 527 g/mol. The third kappa shape index (κ3) is 8.63. The number of hydrogen-bond donors (Lipinski definition) is 1. The molecular formula is C33H43N4O2+. The van der Waals surface area contributed by atoms with Crippen molar-refractivity contribution < 1.29 is 15.2 Å². The van der Waals surface area contributed by atoms with E-state index < -0.39 is 0 Å². The molecule has 6 nitrogen and oxygen atoms in total. The summed E-state index contributed by atoms with van der Waals surface area (Å²) in [5.41, 5.74) is 9.03. The summed E-state index contributed by atoms with van der Waals surface area (Å²) in [4.78, 5) is 11.1. The Kier molecular flexibility index (Phi) is 11.9. The molecule has 39 heavy (non-hydrogen) atoms. The summed E-state index contributed by atoms with van der Waals surface area (Å²) < 4.78 is 10.2. The van der Waals surface area contributed by atoms with Gasteiger partial charge in [0.15, 0.2) is 0 Å². The SMILES string of the molecule is CCC([NH3+])c1ccc(OC)nc1.CCC(c1ccc(OC)nc1)N(Cc1ccccc1)C(C)c1ccccc1. The first-order valence-electron chi connectivity index (χ1n) is 13.7. The molecule has 206 valence electrons. The molecule has 0 aliphatic carbocycles. The van der Waals surface area contributed by atoms with Crippen molar-refractivity contribution in [2.45, 2.75) is 58.3 Å². The Balaban J connectivity index is 0.000000293. The van der Waals surface area contributed by atoms with Crippen LogP contribution in [0, 0.1) is 0 Å². The molecule has 4 aromatic rings. The molecule has 3 atom stereocenters. The van der Waals surface area contributed by atoms with E-state index in [1.165, 1.54) is 22.3 Å². The number of rotatable bonds is 11. The highest BCUT2D eigenvalue weighted by atomic mass is 16.5. The van der Waals surface area contributed by atoms with Gasteiger partial charge in [-0.2, -0.15) is 0 Å². The lowest BCUT2D eigenvalue weighted by molar-refractivity contribution is -0.427. The van der Waals surface area contributed by atoms with Crippen LogP contribution in [0.5, 0.6) is 11.8 Å². The number of benzene rings is 2. The zero-order valence-electron chi connectivity index (χ0n) is 24.0. The van der Waals surface area contributed by atoms with Gasteiger partial charge < -0.3 is 15.2 Å². The smallest absolute Gasteiger partial charge is 0.212 e. The van der Waals surface area contributed by atoms with Crippen molar-refractivity contribution in [1.82, 2.24) is 14.9 Å². The lowest BCUT2D eigenvalue weighted by Gasteiger charge is -2.37. The predicted molar refractivity (Wildman–Crippen MR) is 157 cm³/mol. The molecule has 2 heterocycles. The fraction of sp³-hybridized carbons (Fsp3) is 0.333. The van der Waals surface area contributed by atoms with Gasteiger partial charge in [0, 0.05) is 55.1 Å². The summed E-state index contributed by atoms with van der Waals surface area (Å²) in [6.07, 6.45) is 5.81. The van der Waals surface area contributed by atoms with Crippen molar-refractivity contribution in [3.8, 4) is 11.8 Å². The van der Waals surface area contributed by atoms with Gasteiger partial charge in [-0.25, -0.2) is 9.97 Å². The van der Waals surface area contributed by atoms with Crippen molar-refractivity contribution in [3.05, 3.63) is 120 Å². The summed E-state index contributed by atoms with van der Waals surface area (Å²) in [5.74, 6) is 1.31. The minimum atomic E-state index is 0.277. The van der Waals surface area contributed by atoms with Crippen LogP contribution < -0.4 is 15.2 Å². The van der Waals surface area contributed by atoms with E-state index in [4.69, 9.17) is 9.47 Å². The molecule has 6 heteroatoms. The van der Waals surface area contributed by atoms with Gasteiger partial charge in [-0.3, -0.25) is 4.90 Å². The summed E-state index contributed by atoms with van der Waals surface area (Å²) in [6, 6.07) is 30.3. The molecule has 4 rings (SSSR count). The largest absolute Gasteiger partial charge is 0.481 e. The van der Waals surface area contributed by atoms with E-state index in [0.29, 0.717) is 23.8 Å². The average molecular weight is 528 g/mol. The molecule has 0 saturated heterocycles. The van der Waals surface area contributed by atoms with E-state index in [0.717, 1.165) is 19.4 Å². The minimum Gasteiger partial charge on any atom is -0.481 e. The average Bonchev–Trinajstić information content (AvgIpc) is 3.01. The van der Waals surface area contributed by atoms with Crippen LogP contribution in [0.1, 0.15) is 74.0 Å². The first-order chi connectivity index (χ1) is 19.0. The quantitative estimate of drug-likeness (QED) is 0.238. The van der Waals surface area contributed by atoms with Crippen molar-refractivity contribution in [2.24, 2.45) is 0 Å². The van der Waals surface area contributed by atoms with E-state index in [1.54, 1.807) is 14.2 Å². The van der Waals surface area contributed by atoms with Crippen LogP contribution in [0.15, 0.2) is 97.3 Å². The lowest BCUT2D eigenvalue weighted by atomic mass is 9.98. The standard InChI is InChI=1S/C24H28N2O.C9H14N2O/c1-4-23(22-15-16-24(27-3)25-17-22)26(18-20-11-7-5-8-12-20)19(2)21-13-9-6-10-14-21;1-3-8(10)7-4-5-9(12-2)11-6-7/h5-17,19,23H,4,18H2,1-3H3;4-6,8H,3,10H2,1-2H3/p+1.